The first-order chi connectivity index (χ1) is 13.8. The molecule has 2 aliphatic carbocycles. The molecule has 0 radical (unpaired) electrons. The van der Waals surface area contributed by atoms with E-state index in [1.807, 2.05) is 24.4 Å². The maximum Gasteiger partial charge on any atom is 0.117 e. The van der Waals surface area contributed by atoms with Crippen LogP contribution in [0.4, 0.5) is 0 Å². The van der Waals surface area contributed by atoms with Crippen LogP contribution in [0.2, 0.25) is 0 Å². The van der Waals surface area contributed by atoms with Gasteiger partial charge in [-0.1, -0.05) is 60.1 Å². The molecule has 1 unspecified atom stereocenters. The predicted molar refractivity (Wildman–Crippen MR) is 108 cm³/mol. The summed E-state index contributed by atoms with van der Waals surface area (Å²) < 4.78 is 0. The number of nitrogens with zero attached hydrogens (tertiary/aromatic N) is 3. The Bertz CT molecular complexity index is 993. The molecule has 2 heterocycles. The van der Waals surface area contributed by atoms with E-state index in [-0.39, 0.29) is 5.41 Å². The molecule has 5 heteroatoms. The number of aromatic amines is 1. The number of benzene rings is 1. The molecule has 1 aromatic carbocycles. The number of aromatic nitrogens is 3. The van der Waals surface area contributed by atoms with Gasteiger partial charge < -0.3 is 5.21 Å². The van der Waals surface area contributed by atoms with Crippen molar-refractivity contribution in [2.75, 3.05) is 0 Å². The Labute approximate surface area is 163 Å². The minimum atomic E-state index is -0.355. The van der Waals surface area contributed by atoms with Crippen LogP contribution < -0.4 is 0 Å². The number of hydrogen-bond donors (Lipinski definition) is 2. The summed E-state index contributed by atoms with van der Waals surface area (Å²) in [6, 6.07) is 16.5. The molecule has 140 valence electrons. The summed E-state index contributed by atoms with van der Waals surface area (Å²) in [5.74, 6) is 0.308. The molecule has 0 amide bonds. The molecule has 1 saturated carbocycles. The van der Waals surface area contributed by atoms with Crippen LogP contribution in [0.5, 0.6) is 0 Å². The highest BCUT2D eigenvalue weighted by atomic mass is 16.4. The highest BCUT2D eigenvalue weighted by Gasteiger charge is 2.39. The lowest BCUT2D eigenvalue weighted by molar-refractivity contribution is 0.305. The number of hydrogen-bond acceptors (Lipinski definition) is 4. The van der Waals surface area contributed by atoms with Gasteiger partial charge >= 0.3 is 0 Å². The molecule has 1 fully saturated rings. The quantitative estimate of drug-likeness (QED) is 0.408. The molecule has 0 aliphatic heterocycles. The average molecular weight is 370 g/mol. The number of fused-ring (bicyclic) bond motifs is 1. The van der Waals surface area contributed by atoms with Crippen molar-refractivity contribution in [1.29, 1.82) is 0 Å². The zero-order chi connectivity index (χ0) is 19.0. The van der Waals surface area contributed by atoms with Crippen LogP contribution in [-0.4, -0.2) is 26.1 Å². The number of oxime groups is 1. The number of pyridine rings is 1. The van der Waals surface area contributed by atoms with Crippen LogP contribution in [0.15, 0.2) is 66.0 Å². The zero-order valence-electron chi connectivity index (χ0n) is 15.5. The van der Waals surface area contributed by atoms with Crippen LogP contribution in [0.25, 0.3) is 6.08 Å². The van der Waals surface area contributed by atoms with Gasteiger partial charge in [0.1, 0.15) is 11.4 Å². The van der Waals surface area contributed by atoms with Crippen LogP contribution in [0.1, 0.15) is 47.5 Å². The van der Waals surface area contributed by atoms with Gasteiger partial charge in [-0.25, -0.2) is 0 Å². The van der Waals surface area contributed by atoms with Crippen molar-refractivity contribution in [3.8, 4) is 0 Å². The van der Waals surface area contributed by atoms with E-state index in [0.717, 1.165) is 41.9 Å². The van der Waals surface area contributed by atoms with E-state index in [1.54, 1.807) is 0 Å². The maximum atomic E-state index is 9.59. The molecule has 1 atom stereocenters. The Hall–Kier alpha value is -3.21. The van der Waals surface area contributed by atoms with Gasteiger partial charge in [0.15, 0.2) is 0 Å². The lowest BCUT2D eigenvalue weighted by Crippen LogP contribution is -2.32. The van der Waals surface area contributed by atoms with Gasteiger partial charge in [-0.05, 0) is 30.5 Å². The molecular weight excluding hydrogens is 348 g/mol. The van der Waals surface area contributed by atoms with Gasteiger partial charge in [0, 0.05) is 29.8 Å². The third-order valence-electron chi connectivity index (χ3n) is 6.13. The Morgan fingerprint density at radius 1 is 1.11 bits per heavy atom. The van der Waals surface area contributed by atoms with Crippen molar-refractivity contribution < 1.29 is 5.21 Å². The summed E-state index contributed by atoms with van der Waals surface area (Å²) in [5, 5.41) is 20.9. The van der Waals surface area contributed by atoms with Crippen molar-refractivity contribution in [3.63, 3.8) is 0 Å². The summed E-state index contributed by atoms with van der Waals surface area (Å²) in [6.45, 7) is 0. The second-order valence-corrected chi connectivity index (χ2v) is 7.64. The second-order valence-electron chi connectivity index (χ2n) is 7.64. The highest BCUT2D eigenvalue weighted by Crippen LogP contribution is 2.41. The summed E-state index contributed by atoms with van der Waals surface area (Å²) in [7, 11) is 0. The minimum absolute atomic E-state index is 0.308. The van der Waals surface area contributed by atoms with E-state index in [4.69, 9.17) is 0 Å². The van der Waals surface area contributed by atoms with E-state index >= 15 is 0 Å². The summed E-state index contributed by atoms with van der Waals surface area (Å²) in [4.78, 5) is 4.68. The Balaban J connectivity index is 1.61. The molecule has 0 saturated heterocycles. The standard InChI is InChI=1S/C23H22N4O/c28-27-21(16-7-6-8-16)22-18-12-13-23(15-19(18)25-26-22,17-9-2-1-3-10-17)20-11-4-5-14-24-20/h1-5,9-14,16,28H,6-8,15H2,(H,25,26)/b27-21+. The monoisotopic (exact) mass is 370 g/mol. The van der Waals surface area contributed by atoms with Crippen LogP contribution in [0, 0.1) is 5.92 Å². The molecule has 0 bridgehead atoms. The first-order valence-corrected chi connectivity index (χ1v) is 9.77. The normalized spacial score (nSPS) is 21.9. The van der Waals surface area contributed by atoms with Gasteiger partial charge in [0.25, 0.3) is 0 Å². The number of H-pyrrole nitrogens is 1. The van der Waals surface area contributed by atoms with Gasteiger partial charge in [-0.2, -0.15) is 5.10 Å². The molecule has 2 aromatic heterocycles. The Morgan fingerprint density at radius 3 is 2.61 bits per heavy atom. The van der Waals surface area contributed by atoms with E-state index < -0.39 is 0 Å². The molecule has 2 aliphatic rings. The third-order valence-corrected chi connectivity index (χ3v) is 6.13. The molecule has 0 spiro atoms. The first-order valence-electron chi connectivity index (χ1n) is 9.77. The molecule has 2 N–H and O–H groups in total. The largest absolute Gasteiger partial charge is 0.411 e. The highest BCUT2D eigenvalue weighted by molar-refractivity contribution is 6.03. The first kappa shape index (κ1) is 16.9. The fourth-order valence-electron chi connectivity index (χ4n) is 4.35. The second kappa shape index (κ2) is 6.75. The minimum Gasteiger partial charge on any atom is -0.411 e. The fourth-order valence-corrected chi connectivity index (χ4v) is 4.35. The maximum absolute atomic E-state index is 9.59. The number of nitrogens with one attached hydrogen (secondary N) is 1. The van der Waals surface area contributed by atoms with Crippen molar-refractivity contribution >= 4 is 11.8 Å². The van der Waals surface area contributed by atoms with Crippen molar-refractivity contribution in [1.82, 2.24) is 15.2 Å². The smallest absolute Gasteiger partial charge is 0.117 e. The number of allylic oxidation sites excluding steroid dienone is 1. The van der Waals surface area contributed by atoms with Crippen molar-refractivity contribution in [3.05, 3.63) is 89.0 Å². The van der Waals surface area contributed by atoms with Gasteiger partial charge in [-0.3, -0.25) is 10.1 Å². The van der Waals surface area contributed by atoms with E-state index in [9.17, 15) is 5.21 Å². The van der Waals surface area contributed by atoms with Crippen LogP contribution in [0.3, 0.4) is 0 Å². The van der Waals surface area contributed by atoms with Crippen LogP contribution in [-0.2, 0) is 11.8 Å². The number of rotatable bonds is 4. The summed E-state index contributed by atoms with van der Waals surface area (Å²) in [5.41, 5.74) is 5.41. The summed E-state index contributed by atoms with van der Waals surface area (Å²) in [6.07, 6.45) is 10.2. The predicted octanol–water partition coefficient (Wildman–Crippen LogP) is 4.34. The molecule has 5 nitrogen and oxygen atoms in total. The fraction of sp³-hybridized carbons (Fsp3) is 0.261. The third kappa shape index (κ3) is 2.58. The lowest BCUT2D eigenvalue weighted by Gasteiger charge is -2.33. The van der Waals surface area contributed by atoms with Crippen molar-refractivity contribution in [2.24, 2.45) is 11.1 Å². The Morgan fingerprint density at radius 2 is 1.93 bits per heavy atom. The molecular formula is C23H22N4O. The van der Waals surface area contributed by atoms with Gasteiger partial charge in [0.05, 0.1) is 11.1 Å². The SMILES string of the molecule is O/N=C(/c1n[nH]c2c1C=CC(c1ccccc1)(c1ccccn1)C2)C1CCC1. The molecule has 5 rings (SSSR count). The molecule has 28 heavy (non-hydrogen) atoms. The Kier molecular flexibility index (Phi) is 4.08. The molecule has 3 aromatic rings. The van der Waals surface area contributed by atoms with Gasteiger partial charge in [0.2, 0.25) is 0 Å². The average Bonchev–Trinajstić information content (AvgIpc) is 3.14. The van der Waals surface area contributed by atoms with E-state index in [0.29, 0.717) is 11.6 Å². The topological polar surface area (TPSA) is 74.2 Å². The lowest BCUT2D eigenvalue weighted by atomic mass is 9.70. The van der Waals surface area contributed by atoms with E-state index in [1.165, 1.54) is 12.0 Å². The van der Waals surface area contributed by atoms with Gasteiger partial charge in [-0.15, -0.1) is 0 Å². The zero-order valence-corrected chi connectivity index (χ0v) is 15.5. The van der Waals surface area contributed by atoms with Crippen molar-refractivity contribution in [2.45, 2.75) is 31.1 Å². The van der Waals surface area contributed by atoms with Crippen LogP contribution >= 0.6 is 0 Å². The van der Waals surface area contributed by atoms with E-state index in [2.05, 4.69) is 62.8 Å². The summed E-state index contributed by atoms with van der Waals surface area (Å²) >= 11 is 0.